The molecular weight excluding hydrogens is 188 g/mol. The van der Waals surface area contributed by atoms with Gasteiger partial charge in [-0.15, -0.1) is 0 Å². The molecule has 0 aromatic carbocycles. The molecule has 1 heterocycles. The van der Waals surface area contributed by atoms with Crippen LogP contribution in [0.15, 0.2) is 0 Å². The standard InChI is InChI=1S/C12H24N2O/c1-4-14(5-2)12(15)11-8-6-7-9-13(3)10-11/h11H,4-10H2,1-3H3. The van der Waals surface area contributed by atoms with Gasteiger partial charge in [-0.2, -0.15) is 0 Å². The second-order valence-corrected chi connectivity index (χ2v) is 4.47. The van der Waals surface area contributed by atoms with Crippen LogP contribution in [0.2, 0.25) is 0 Å². The van der Waals surface area contributed by atoms with Crippen molar-refractivity contribution in [1.29, 1.82) is 0 Å². The van der Waals surface area contributed by atoms with Crippen molar-refractivity contribution in [2.24, 2.45) is 5.92 Å². The Kier molecular flexibility index (Phi) is 5.09. The van der Waals surface area contributed by atoms with E-state index in [2.05, 4.69) is 25.8 Å². The van der Waals surface area contributed by atoms with Gasteiger partial charge < -0.3 is 9.80 Å². The Bertz CT molecular complexity index is 202. The van der Waals surface area contributed by atoms with Crippen LogP contribution in [-0.4, -0.2) is 48.9 Å². The van der Waals surface area contributed by atoms with Crippen molar-refractivity contribution in [2.75, 3.05) is 33.2 Å². The first-order chi connectivity index (χ1) is 7.19. The summed E-state index contributed by atoms with van der Waals surface area (Å²) >= 11 is 0. The molecule has 0 radical (unpaired) electrons. The van der Waals surface area contributed by atoms with Crippen molar-refractivity contribution in [3.8, 4) is 0 Å². The van der Waals surface area contributed by atoms with E-state index in [1.807, 2.05) is 4.90 Å². The third kappa shape index (κ3) is 3.49. The number of hydrogen-bond donors (Lipinski definition) is 0. The first kappa shape index (κ1) is 12.5. The summed E-state index contributed by atoms with van der Waals surface area (Å²) < 4.78 is 0. The van der Waals surface area contributed by atoms with Crippen LogP contribution in [-0.2, 0) is 4.79 Å². The summed E-state index contributed by atoms with van der Waals surface area (Å²) in [4.78, 5) is 16.4. The number of nitrogens with zero attached hydrogens (tertiary/aromatic N) is 2. The summed E-state index contributed by atoms with van der Waals surface area (Å²) in [5.74, 6) is 0.589. The lowest BCUT2D eigenvalue weighted by Crippen LogP contribution is -2.39. The summed E-state index contributed by atoms with van der Waals surface area (Å²) in [6.07, 6.45) is 3.50. The van der Waals surface area contributed by atoms with Crippen molar-refractivity contribution in [3.63, 3.8) is 0 Å². The van der Waals surface area contributed by atoms with Crippen molar-refractivity contribution < 1.29 is 4.79 Å². The van der Waals surface area contributed by atoms with E-state index in [1.165, 1.54) is 12.8 Å². The van der Waals surface area contributed by atoms with E-state index in [0.29, 0.717) is 5.91 Å². The molecular formula is C12H24N2O. The normalized spacial score (nSPS) is 23.5. The van der Waals surface area contributed by atoms with Crippen LogP contribution >= 0.6 is 0 Å². The molecule has 0 aromatic heterocycles. The van der Waals surface area contributed by atoms with Crippen LogP contribution in [0.4, 0.5) is 0 Å². The van der Waals surface area contributed by atoms with Gasteiger partial charge in [0.2, 0.25) is 5.91 Å². The molecule has 1 aliphatic heterocycles. The zero-order valence-electron chi connectivity index (χ0n) is 10.3. The molecule has 0 N–H and O–H groups in total. The lowest BCUT2D eigenvalue weighted by molar-refractivity contribution is -0.135. The van der Waals surface area contributed by atoms with Gasteiger partial charge in [-0.05, 0) is 40.3 Å². The van der Waals surface area contributed by atoms with Gasteiger partial charge in [-0.1, -0.05) is 6.42 Å². The van der Waals surface area contributed by atoms with E-state index in [-0.39, 0.29) is 5.92 Å². The first-order valence-corrected chi connectivity index (χ1v) is 6.16. The van der Waals surface area contributed by atoms with Gasteiger partial charge in [0, 0.05) is 19.6 Å². The molecule has 15 heavy (non-hydrogen) atoms. The van der Waals surface area contributed by atoms with E-state index in [1.54, 1.807) is 0 Å². The Hall–Kier alpha value is -0.570. The molecule has 1 aliphatic rings. The van der Waals surface area contributed by atoms with E-state index < -0.39 is 0 Å². The highest BCUT2D eigenvalue weighted by atomic mass is 16.2. The molecule has 1 unspecified atom stereocenters. The number of rotatable bonds is 3. The molecule has 0 bridgehead atoms. The third-order valence-electron chi connectivity index (χ3n) is 3.30. The lowest BCUT2D eigenvalue weighted by atomic mass is 10.0. The van der Waals surface area contributed by atoms with Crippen LogP contribution in [0, 0.1) is 5.92 Å². The molecule has 0 saturated carbocycles. The van der Waals surface area contributed by atoms with Crippen LogP contribution < -0.4 is 0 Å². The second kappa shape index (κ2) is 6.11. The molecule has 3 heteroatoms. The Morgan fingerprint density at radius 1 is 1.33 bits per heavy atom. The Morgan fingerprint density at radius 3 is 2.60 bits per heavy atom. The highest BCUT2D eigenvalue weighted by Gasteiger charge is 2.25. The lowest BCUT2D eigenvalue weighted by Gasteiger charge is -2.26. The zero-order valence-corrected chi connectivity index (χ0v) is 10.3. The molecule has 0 aromatic rings. The van der Waals surface area contributed by atoms with Crippen LogP contribution in [0.5, 0.6) is 0 Å². The quantitative estimate of drug-likeness (QED) is 0.709. The summed E-state index contributed by atoms with van der Waals surface area (Å²) in [7, 11) is 2.12. The number of hydrogen-bond acceptors (Lipinski definition) is 2. The van der Waals surface area contributed by atoms with Gasteiger partial charge in [0.25, 0.3) is 0 Å². The summed E-state index contributed by atoms with van der Waals surface area (Å²) in [6.45, 7) is 7.88. The largest absolute Gasteiger partial charge is 0.343 e. The second-order valence-electron chi connectivity index (χ2n) is 4.47. The van der Waals surface area contributed by atoms with E-state index in [9.17, 15) is 4.79 Å². The summed E-state index contributed by atoms with van der Waals surface area (Å²) in [5, 5.41) is 0. The van der Waals surface area contributed by atoms with Gasteiger partial charge in [0.05, 0.1) is 5.92 Å². The van der Waals surface area contributed by atoms with Crippen molar-refractivity contribution in [3.05, 3.63) is 0 Å². The SMILES string of the molecule is CCN(CC)C(=O)C1CCCCN(C)C1. The predicted octanol–water partition coefficient (Wildman–Crippen LogP) is 1.59. The van der Waals surface area contributed by atoms with E-state index >= 15 is 0 Å². The number of amides is 1. The van der Waals surface area contributed by atoms with Crippen LogP contribution in [0.3, 0.4) is 0 Å². The monoisotopic (exact) mass is 212 g/mol. The van der Waals surface area contributed by atoms with Crippen LogP contribution in [0.1, 0.15) is 33.1 Å². The summed E-state index contributed by atoms with van der Waals surface area (Å²) in [6, 6.07) is 0. The fourth-order valence-electron chi connectivity index (χ4n) is 2.33. The van der Waals surface area contributed by atoms with Gasteiger partial charge >= 0.3 is 0 Å². The van der Waals surface area contributed by atoms with Crippen LogP contribution in [0.25, 0.3) is 0 Å². The molecule has 1 atom stereocenters. The van der Waals surface area contributed by atoms with Gasteiger partial charge in [-0.25, -0.2) is 0 Å². The smallest absolute Gasteiger partial charge is 0.226 e. The number of likely N-dealkylation sites (tertiary alicyclic amines) is 1. The zero-order chi connectivity index (χ0) is 11.3. The molecule has 88 valence electrons. The minimum Gasteiger partial charge on any atom is -0.343 e. The third-order valence-corrected chi connectivity index (χ3v) is 3.30. The summed E-state index contributed by atoms with van der Waals surface area (Å²) in [5.41, 5.74) is 0. The molecule has 1 rings (SSSR count). The van der Waals surface area contributed by atoms with Crippen molar-refractivity contribution >= 4 is 5.91 Å². The average Bonchev–Trinajstić information content (AvgIpc) is 2.44. The molecule has 1 amide bonds. The number of carbonyl (C=O) groups is 1. The topological polar surface area (TPSA) is 23.6 Å². The predicted molar refractivity (Wildman–Crippen MR) is 62.8 cm³/mol. The molecule has 1 fully saturated rings. The fraction of sp³-hybridized carbons (Fsp3) is 0.917. The maximum absolute atomic E-state index is 12.2. The molecule has 0 spiro atoms. The van der Waals surface area contributed by atoms with Gasteiger partial charge in [0.1, 0.15) is 0 Å². The fourth-order valence-corrected chi connectivity index (χ4v) is 2.33. The molecule has 3 nitrogen and oxygen atoms in total. The number of carbonyl (C=O) groups excluding carboxylic acids is 1. The minimum atomic E-state index is 0.234. The molecule has 1 saturated heterocycles. The van der Waals surface area contributed by atoms with E-state index in [4.69, 9.17) is 0 Å². The highest BCUT2D eigenvalue weighted by Crippen LogP contribution is 2.17. The maximum atomic E-state index is 12.2. The Balaban J connectivity index is 2.56. The first-order valence-electron chi connectivity index (χ1n) is 6.16. The Labute approximate surface area is 93.4 Å². The Morgan fingerprint density at radius 2 is 2.00 bits per heavy atom. The van der Waals surface area contributed by atoms with Crippen molar-refractivity contribution in [1.82, 2.24) is 9.80 Å². The van der Waals surface area contributed by atoms with E-state index in [0.717, 1.165) is 32.6 Å². The minimum absolute atomic E-state index is 0.234. The average molecular weight is 212 g/mol. The van der Waals surface area contributed by atoms with Crippen molar-refractivity contribution in [2.45, 2.75) is 33.1 Å². The van der Waals surface area contributed by atoms with Gasteiger partial charge in [0.15, 0.2) is 0 Å². The van der Waals surface area contributed by atoms with Gasteiger partial charge in [-0.3, -0.25) is 4.79 Å². The molecule has 0 aliphatic carbocycles. The maximum Gasteiger partial charge on any atom is 0.226 e. The highest BCUT2D eigenvalue weighted by molar-refractivity contribution is 5.79.